The molecule has 1 heterocycles. The van der Waals surface area contributed by atoms with Crippen molar-refractivity contribution in [1.29, 1.82) is 0 Å². The van der Waals surface area contributed by atoms with Crippen LogP contribution in [0.1, 0.15) is 23.7 Å². The maximum Gasteiger partial charge on any atom is 0.238 e. The number of imidazole rings is 1. The molecule has 0 radical (unpaired) electrons. The van der Waals surface area contributed by atoms with Gasteiger partial charge in [0.25, 0.3) is 0 Å². The van der Waals surface area contributed by atoms with Gasteiger partial charge in [-0.2, -0.15) is 0 Å². The first-order valence-corrected chi connectivity index (χ1v) is 11.6. The molecule has 0 fully saturated rings. The summed E-state index contributed by atoms with van der Waals surface area (Å²) in [6.45, 7) is 2.72. The Labute approximate surface area is 177 Å². The zero-order valence-electron chi connectivity index (χ0n) is 14.9. The van der Waals surface area contributed by atoms with Gasteiger partial charge in [0.05, 0.1) is 31.7 Å². The molecule has 0 saturated carbocycles. The Kier molecular flexibility index (Phi) is 6.36. The maximum atomic E-state index is 12.5. The first kappa shape index (κ1) is 21.1. The molecule has 0 unspecified atom stereocenters. The van der Waals surface area contributed by atoms with Gasteiger partial charge in [0.1, 0.15) is 0 Å². The molecule has 2 aromatic carbocycles. The number of primary sulfonamides is 1. The second-order valence-corrected chi connectivity index (χ2v) is 9.40. The van der Waals surface area contributed by atoms with Gasteiger partial charge in [-0.15, -0.1) is 0 Å². The van der Waals surface area contributed by atoms with E-state index in [1.165, 1.54) is 23.9 Å². The van der Waals surface area contributed by atoms with E-state index >= 15 is 0 Å². The molecule has 0 saturated heterocycles. The highest BCUT2D eigenvalue weighted by Crippen LogP contribution is 2.28. The van der Waals surface area contributed by atoms with Gasteiger partial charge >= 0.3 is 0 Å². The van der Waals surface area contributed by atoms with E-state index < -0.39 is 10.0 Å². The molecular weight excluding hydrogens is 441 g/mol. The number of hydrogen-bond donors (Lipinski definition) is 1. The van der Waals surface area contributed by atoms with Crippen LogP contribution in [0.15, 0.2) is 46.5 Å². The number of benzene rings is 2. The van der Waals surface area contributed by atoms with Crippen molar-refractivity contribution in [2.24, 2.45) is 5.14 Å². The molecule has 2 N–H and O–H groups in total. The zero-order valence-corrected chi connectivity index (χ0v) is 18.0. The Morgan fingerprint density at radius 3 is 2.57 bits per heavy atom. The Morgan fingerprint density at radius 2 is 1.93 bits per heavy atom. The number of fused-ring (bicyclic) bond motifs is 1. The molecule has 10 heteroatoms. The number of nitrogens with two attached hydrogens (primary N) is 1. The monoisotopic (exact) mass is 457 g/mol. The number of Topliss-reactive ketones (excluding diaryl/α,β-unsaturated/α-hetero) is 1. The standard InChI is InChI=1S/C18H17Cl2N3O3S2/c1-2-7-23-16-6-4-12(28(21,25)26)9-15(16)22-18(23)27-10-17(24)11-3-5-13(19)14(20)8-11/h3-6,8-9H,2,7,10H2,1H3,(H2,21,25,26). The summed E-state index contributed by atoms with van der Waals surface area (Å²) < 4.78 is 25.1. The van der Waals surface area contributed by atoms with E-state index in [1.807, 2.05) is 11.5 Å². The molecule has 0 spiro atoms. The Bertz CT molecular complexity index is 1160. The van der Waals surface area contributed by atoms with Crippen molar-refractivity contribution in [2.75, 3.05) is 5.75 Å². The highest BCUT2D eigenvalue weighted by atomic mass is 35.5. The number of carbonyl (C=O) groups excluding carboxylic acids is 1. The fourth-order valence-electron chi connectivity index (χ4n) is 2.70. The number of carbonyl (C=O) groups is 1. The Morgan fingerprint density at radius 1 is 1.18 bits per heavy atom. The van der Waals surface area contributed by atoms with Gasteiger partial charge in [-0.25, -0.2) is 18.5 Å². The number of halogens is 2. The first-order chi connectivity index (χ1) is 13.2. The van der Waals surface area contributed by atoms with Crippen LogP contribution in [0.4, 0.5) is 0 Å². The van der Waals surface area contributed by atoms with Crippen molar-refractivity contribution in [2.45, 2.75) is 29.9 Å². The second-order valence-electron chi connectivity index (χ2n) is 6.08. The molecule has 3 rings (SSSR count). The minimum absolute atomic E-state index is 0.00424. The van der Waals surface area contributed by atoms with E-state index in [-0.39, 0.29) is 16.4 Å². The van der Waals surface area contributed by atoms with E-state index in [4.69, 9.17) is 28.3 Å². The lowest BCUT2D eigenvalue weighted by atomic mass is 10.1. The number of aromatic nitrogens is 2. The van der Waals surface area contributed by atoms with Crippen molar-refractivity contribution in [3.63, 3.8) is 0 Å². The van der Waals surface area contributed by atoms with Crippen LogP contribution < -0.4 is 5.14 Å². The summed E-state index contributed by atoms with van der Waals surface area (Å²) in [6.07, 6.45) is 0.858. The highest BCUT2D eigenvalue weighted by molar-refractivity contribution is 7.99. The molecule has 0 aliphatic carbocycles. The van der Waals surface area contributed by atoms with Gasteiger partial charge in [-0.1, -0.05) is 41.9 Å². The van der Waals surface area contributed by atoms with Crippen LogP contribution >= 0.6 is 35.0 Å². The van der Waals surface area contributed by atoms with Gasteiger partial charge in [0.2, 0.25) is 10.0 Å². The molecule has 3 aromatic rings. The molecule has 0 aliphatic heterocycles. The molecule has 1 aromatic heterocycles. The van der Waals surface area contributed by atoms with Gasteiger partial charge in [0.15, 0.2) is 10.9 Å². The minimum atomic E-state index is -3.81. The molecule has 0 bridgehead atoms. The van der Waals surface area contributed by atoms with Crippen LogP contribution in [0.3, 0.4) is 0 Å². The third-order valence-corrected chi connectivity index (χ3v) is 6.66. The first-order valence-electron chi connectivity index (χ1n) is 8.35. The summed E-state index contributed by atoms with van der Waals surface area (Å²) in [6, 6.07) is 9.35. The number of sulfonamides is 1. The van der Waals surface area contributed by atoms with Gasteiger partial charge < -0.3 is 4.57 Å². The van der Waals surface area contributed by atoms with Crippen molar-refractivity contribution in [1.82, 2.24) is 9.55 Å². The third-order valence-electron chi connectivity index (χ3n) is 4.03. The molecule has 0 aliphatic rings. The summed E-state index contributed by atoms with van der Waals surface area (Å²) in [5.41, 5.74) is 1.78. The van der Waals surface area contributed by atoms with Crippen LogP contribution in [0, 0.1) is 0 Å². The number of ketones is 1. The third kappa shape index (κ3) is 4.52. The summed E-state index contributed by atoms with van der Waals surface area (Å²) in [5.74, 6) is 0.0523. The van der Waals surface area contributed by atoms with Crippen LogP contribution in [0.25, 0.3) is 11.0 Å². The summed E-state index contributed by atoms with van der Waals surface area (Å²) in [7, 11) is -3.81. The average Bonchev–Trinajstić information content (AvgIpc) is 2.98. The number of aryl methyl sites for hydroxylation is 1. The Hall–Kier alpha value is -1.58. The quantitative estimate of drug-likeness (QED) is 0.419. The highest BCUT2D eigenvalue weighted by Gasteiger charge is 2.17. The SMILES string of the molecule is CCCn1c(SCC(=O)c2ccc(Cl)c(Cl)c2)nc2cc(S(N)(=O)=O)ccc21. The fraction of sp³-hybridized carbons (Fsp3) is 0.222. The fourth-order valence-corrected chi connectivity index (χ4v) is 4.46. The van der Waals surface area contributed by atoms with Crippen LogP contribution in [0.2, 0.25) is 10.0 Å². The van der Waals surface area contributed by atoms with Crippen molar-refractivity contribution >= 4 is 61.8 Å². The van der Waals surface area contributed by atoms with E-state index in [0.29, 0.717) is 32.8 Å². The average molecular weight is 458 g/mol. The molecule has 0 amide bonds. The predicted octanol–water partition coefficient (Wildman–Crippen LogP) is 4.38. The zero-order chi connectivity index (χ0) is 20.5. The summed E-state index contributed by atoms with van der Waals surface area (Å²) in [5, 5.41) is 6.56. The molecule has 0 atom stereocenters. The van der Waals surface area contributed by atoms with Crippen LogP contribution in [-0.2, 0) is 16.6 Å². The lowest BCUT2D eigenvalue weighted by molar-refractivity contribution is 0.102. The summed E-state index contributed by atoms with van der Waals surface area (Å²) >= 11 is 13.2. The van der Waals surface area contributed by atoms with Gasteiger partial charge in [0, 0.05) is 12.1 Å². The van der Waals surface area contributed by atoms with Crippen molar-refractivity contribution in [3.05, 3.63) is 52.0 Å². The van der Waals surface area contributed by atoms with Crippen LogP contribution in [-0.4, -0.2) is 29.5 Å². The topological polar surface area (TPSA) is 95.0 Å². The Balaban J connectivity index is 1.89. The van der Waals surface area contributed by atoms with E-state index in [1.54, 1.807) is 24.3 Å². The predicted molar refractivity (Wildman–Crippen MR) is 113 cm³/mol. The van der Waals surface area contributed by atoms with Gasteiger partial charge in [-0.05, 0) is 42.8 Å². The lowest BCUT2D eigenvalue weighted by Gasteiger charge is -2.07. The maximum absolute atomic E-state index is 12.5. The smallest absolute Gasteiger partial charge is 0.238 e. The lowest BCUT2D eigenvalue weighted by Crippen LogP contribution is -2.11. The van der Waals surface area contributed by atoms with Crippen molar-refractivity contribution in [3.8, 4) is 0 Å². The number of thioether (sulfide) groups is 1. The molecule has 28 heavy (non-hydrogen) atoms. The molecule has 148 valence electrons. The minimum Gasteiger partial charge on any atom is -0.319 e. The largest absolute Gasteiger partial charge is 0.319 e. The normalized spacial score (nSPS) is 11.9. The number of rotatable bonds is 7. The second kappa shape index (κ2) is 8.42. The van der Waals surface area contributed by atoms with E-state index in [2.05, 4.69) is 4.98 Å². The van der Waals surface area contributed by atoms with Gasteiger partial charge in [-0.3, -0.25) is 4.79 Å². The number of nitrogens with zero attached hydrogens (tertiary/aromatic N) is 2. The van der Waals surface area contributed by atoms with E-state index in [9.17, 15) is 13.2 Å². The van der Waals surface area contributed by atoms with E-state index in [0.717, 1.165) is 11.9 Å². The van der Waals surface area contributed by atoms with Crippen molar-refractivity contribution < 1.29 is 13.2 Å². The van der Waals surface area contributed by atoms with Crippen LogP contribution in [0.5, 0.6) is 0 Å². The molecule has 6 nitrogen and oxygen atoms in total. The molecular formula is C18H17Cl2N3O3S2. The number of hydrogen-bond acceptors (Lipinski definition) is 5. The summed E-state index contributed by atoms with van der Waals surface area (Å²) in [4.78, 5) is 17.0.